The van der Waals surface area contributed by atoms with Gasteiger partial charge in [0.05, 0.1) is 0 Å². The third-order valence-electron chi connectivity index (χ3n) is 1.98. The van der Waals surface area contributed by atoms with Crippen LogP contribution in [0.25, 0.3) is 0 Å². The van der Waals surface area contributed by atoms with Crippen molar-refractivity contribution >= 4 is 5.78 Å². The van der Waals surface area contributed by atoms with Crippen LogP contribution >= 0.6 is 0 Å². The maximum absolute atomic E-state index is 11.0. The van der Waals surface area contributed by atoms with Crippen molar-refractivity contribution in [3.63, 3.8) is 0 Å². The number of ketones is 1. The molecule has 1 heterocycles. The second-order valence-electron chi connectivity index (χ2n) is 2.99. The number of methoxy groups -OCH3 is 1. The molecule has 0 bridgehead atoms. The molecule has 2 atom stereocenters. The zero-order chi connectivity index (χ0) is 9.14. The van der Waals surface area contributed by atoms with Crippen molar-refractivity contribution in [1.29, 1.82) is 0 Å². The minimum atomic E-state index is -0.340. The van der Waals surface area contributed by atoms with E-state index in [0.717, 1.165) is 5.57 Å². The van der Waals surface area contributed by atoms with Crippen LogP contribution in [0.5, 0.6) is 0 Å². The van der Waals surface area contributed by atoms with E-state index in [9.17, 15) is 4.79 Å². The van der Waals surface area contributed by atoms with Crippen LogP contribution in [0.1, 0.15) is 20.3 Å². The summed E-state index contributed by atoms with van der Waals surface area (Å²) in [6.07, 6.45) is 2.00. The Hall–Kier alpha value is -0.670. The van der Waals surface area contributed by atoms with Gasteiger partial charge in [0, 0.05) is 7.11 Å². The molecule has 0 amide bonds. The highest BCUT2D eigenvalue weighted by molar-refractivity contribution is 5.80. The molecule has 0 spiro atoms. The summed E-state index contributed by atoms with van der Waals surface area (Å²) >= 11 is 0. The van der Waals surface area contributed by atoms with Gasteiger partial charge in [0.2, 0.25) is 0 Å². The van der Waals surface area contributed by atoms with Crippen LogP contribution in [0, 0.1) is 0 Å². The molecule has 0 saturated carbocycles. The predicted octanol–water partition coefficient (Wildman–Crippen LogP) is 1.28. The lowest BCUT2D eigenvalue weighted by Crippen LogP contribution is -2.32. The largest absolute Gasteiger partial charge is 0.352 e. The summed E-state index contributed by atoms with van der Waals surface area (Å²) in [5, 5.41) is 0. The van der Waals surface area contributed by atoms with Gasteiger partial charge in [-0.2, -0.15) is 0 Å². The average Bonchev–Trinajstić information content (AvgIpc) is 2.05. The van der Waals surface area contributed by atoms with Crippen molar-refractivity contribution in [1.82, 2.24) is 0 Å². The lowest BCUT2D eigenvalue weighted by molar-refractivity contribution is -0.158. The zero-order valence-electron chi connectivity index (χ0n) is 7.66. The Bertz CT molecular complexity index is 208. The molecule has 3 heteroatoms. The molecule has 0 unspecified atom stereocenters. The third-order valence-corrected chi connectivity index (χ3v) is 1.98. The zero-order valence-corrected chi connectivity index (χ0v) is 7.66. The van der Waals surface area contributed by atoms with E-state index in [0.29, 0.717) is 6.42 Å². The van der Waals surface area contributed by atoms with E-state index in [2.05, 4.69) is 0 Å². The molecule has 12 heavy (non-hydrogen) atoms. The summed E-state index contributed by atoms with van der Waals surface area (Å²) < 4.78 is 10.4. The van der Waals surface area contributed by atoms with Crippen LogP contribution in [-0.4, -0.2) is 25.3 Å². The van der Waals surface area contributed by atoms with Crippen LogP contribution in [-0.2, 0) is 14.3 Å². The average molecular weight is 170 g/mol. The quantitative estimate of drug-likeness (QED) is 0.586. The Kier molecular flexibility index (Phi) is 3.00. The van der Waals surface area contributed by atoms with Gasteiger partial charge in [-0.15, -0.1) is 0 Å². The number of Topliss-reactive ketones (excluding diaryl/α,β-unsaturated/α-hetero) is 1. The Labute approximate surface area is 72.4 Å². The van der Waals surface area contributed by atoms with Gasteiger partial charge in [-0.3, -0.25) is 4.79 Å². The summed E-state index contributed by atoms with van der Waals surface area (Å²) in [4.78, 5) is 11.0. The second-order valence-corrected chi connectivity index (χ2v) is 2.99. The molecule has 0 radical (unpaired) electrons. The van der Waals surface area contributed by atoms with Crippen LogP contribution < -0.4 is 0 Å². The second kappa shape index (κ2) is 3.83. The first-order valence-electron chi connectivity index (χ1n) is 4.00. The lowest BCUT2D eigenvalue weighted by Gasteiger charge is -2.26. The van der Waals surface area contributed by atoms with E-state index < -0.39 is 0 Å². The molecular formula is C9H14O3. The van der Waals surface area contributed by atoms with E-state index in [1.54, 1.807) is 7.11 Å². The van der Waals surface area contributed by atoms with Gasteiger partial charge in [0.15, 0.2) is 12.1 Å². The minimum Gasteiger partial charge on any atom is -0.352 e. The molecule has 0 N–H and O–H groups in total. The monoisotopic (exact) mass is 170 g/mol. The topological polar surface area (TPSA) is 35.5 Å². The molecule has 1 rings (SSSR count). The van der Waals surface area contributed by atoms with E-state index in [-0.39, 0.29) is 18.2 Å². The minimum absolute atomic E-state index is 0.0563. The molecule has 0 aromatic heterocycles. The smallest absolute Gasteiger partial charge is 0.180 e. The van der Waals surface area contributed by atoms with Crippen molar-refractivity contribution < 1.29 is 14.3 Å². The first-order valence-corrected chi connectivity index (χ1v) is 4.00. The Morgan fingerprint density at radius 3 is 2.92 bits per heavy atom. The summed E-state index contributed by atoms with van der Waals surface area (Å²) in [7, 11) is 1.57. The first kappa shape index (κ1) is 9.42. The number of hydrogen-bond donors (Lipinski definition) is 0. The maximum Gasteiger partial charge on any atom is 0.180 e. The van der Waals surface area contributed by atoms with Crippen LogP contribution in [0.15, 0.2) is 11.6 Å². The van der Waals surface area contributed by atoms with Gasteiger partial charge >= 0.3 is 0 Å². The van der Waals surface area contributed by atoms with Crippen LogP contribution in [0.4, 0.5) is 0 Å². The van der Waals surface area contributed by atoms with E-state index in [1.165, 1.54) is 6.92 Å². The fourth-order valence-electron chi connectivity index (χ4n) is 1.20. The summed E-state index contributed by atoms with van der Waals surface area (Å²) in [5.74, 6) is 0.0563. The van der Waals surface area contributed by atoms with E-state index in [1.807, 2.05) is 13.0 Å². The van der Waals surface area contributed by atoms with Crippen LogP contribution in [0.3, 0.4) is 0 Å². The molecular weight excluding hydrogens is 156 g/mol. The fourth-order valence-corrected chi connectivity index (χ4v) is 1.20. The van der Waals surface area contributed by atoms with Gasteiger partial charge in [-0.05, 0) is 25.8 Å². The van der Waals surface area contributed by atoms with Crippen molar-refractivity contribution in [3.8, 4) is 0 Å². The van der Waals surface area contributed by atoms with Crippen molar-refractivity contribution in [3.05, 3.63) is 11.6 Å². The van der Waals surface area contributed by atoms with Gasteiger partial charge < -0.3 is 9.47 Å². The van der Waals surface area contributed by atoms with Crippen LogP contribution in [0.2, 0.25) is 0 Å². The molecule has 0 fully saturated rings. The van der Waals surface area contributed by atoms with E-state index in [4.69, 9.17) is 9.47 Å². The normalized spacial score (nSPS) is 29.8. The van der Waals surface area contributed by atoms with Gasteiger partial charge in [0.25, 0.3) is 0 Å². The summed E-state index contributed by atoms with van der Waals surface area (Å²) in [6.45, 7) is 3.47. The Morgan fingerprint density at radius 2 is 2.42 bits per heavy atom. The molecule has 68 valence electrons. The molecule has 0 aromatic rings. The summed E-state index contributed by atoms with van der Waals surface area (Å²) in [5.41, 5.74) is 1.04. The number of rotatable bonds is 2. The maximum atomic E-state index is 11.0. The molecule has 0 saturated heterocycles. The van der Waals surface area contributed by atoms with Gasteiger partial charge in [-0.1, -0.05) is 6.08 Å². The molecule has 3 nitrogen and oxygen atoms in total. The molecule has 0 aromatic carbocycles. The highest BCUT2D eigenvalue weighted by atomic mass is 16.7. The molecule has 0 aliphatic carbocycles. The SMILES string of the molecule is CO[C@H]1O[C@H](C(C)=O)CC=C1C. The highest BCUT2D eigenvalue weighted by Gasteiger charge is 2.24. The number of ether oxygens (including phenoxy) is 2. The number of hydrogen-bond acceptors (Lipinski definition) is 3. The Morgan fingerprint density at radius 1 is 1.75 bits per heavy atom. The molecule has 1 aliphatic heterocycles. The van der Waals surface area contributed by atoms with E-state index >= 15 is 0 Å². The first-order chi connectivity index (χ1) is 5.65. The van der Waals surface area contributed by atoms with Gasteiger partial charge in [0.1, 0.15) is 6.10 Å². The Balaban J connectivity index is 2.64. The highest BCUT2D eigenvalue weighted by Crippen LogP contribution is 2.19. The van der Waals surface area contributed by atoms with Crippen molar-refractivity contribution in [2.24, 2.45) is 0 Å². The number of carbonyl (C=O) groups excluding carboxylic acids is 1. The third kappa shape index (κ3) is 1.93. The fraction of sp³-hybridized carbons (Fsp3) is 0.667. The lowest BCUT2D eigenvalue weighted by atomic mass is 10.1. The van der Waals surface area contributed by atoms with Crippen molar-refractivity contribution in [2.75, 3.05) is 7.11 Å². The number of carbonyl (C=O) groups is 1. The predicted molar refractivity (Wildman–Crippen MR) is 44.7 cm³/mol. The standard InChI is InChI=1S/C9H14O3/c1-6-4-5-8(7(2)10)12-9(6)11-3/h4,8-9H,5H2,1-3H3/t8-,9-/m0/s1. The molecule has 1 aliphatic rings. The van der Waals surface area contributed by atoms with Crippen molar-refractivity contribution in [2.45, 2.75) is 32.7 Å². The summed E-state index contributed by atoms with van der Waals surface area (Å²) in [6, 6.07) is 0. The van der Waals surface area contributed by atoms with Gasteiger partial charge in [-0.25, -0.2) is 0 Å².